The van der Waals surface area contributed by atoms with Crippen LogP contribution in [0, 0.1) is 0 Å². The van der Waals surface area contributed by atoms with E-state index in [9.17, 15) is 18.0 Å². The highest BCUT2D eigenvalue weighted by Crippen LogP contribution is 2.41. The van der Waals surface area contributed by atoms with Gasteiger partial charge in [0, 0.05) is 0 Å². The molecule has 1 aliphatic rings. The number of nitrogens with one attached hydrogen (secondary N) is 1. The number of carbonyl (C=O) groups is 2. The normalized spacial score (nSPS) is 15.7. The Balaban J connectivity index is 1.92. The van der Waals surface area contributed by atoms with Gasteiger partial charge in [-0.2, -0.15) is 0 Å². The van der Waals surface area contributed by atoms with Gasteiger partial charge in [0.15, 0.2) is 0 Å². The van der Waals surface area contributed by atoms with Crippen LogP contribution in [0.2, 0.25) is 0 Å². The van der Waals surface area contributed by atoms with Crippen molar-refractivity contribution in [2.24, 2.45) is 5.14 Å². The number of nitrogens with two attached hydrogens (primary N) is 1. The predicted molar refractivity (Wildman–Crippen MR) is 115 cm³/mol. The van der Waals surface area contributed by atoms with Crippen LogP contribution in [-0.4, -0.2) is 27.3 Å². The molecule has 3 aromatic rings. The fourth-order valence-electron chi connectivity index (χ4n) is 3.57. The molecule has 8 nitrogen and oxygen atoms in total. The van der Waals surface area contributed by atoms with Crippen LogP contribution in [0.4, 0.5) is 11.4 Å². The minimum absolute atomic E-state index is 0.172. The molecule has 0 aliphatic carbocycles. The standard InChI is InChI=1S/C22H19N3O5S/c1-30-19-10-6-5-9-16(19)22(27)25-18-12-11-15(31(23,28)29)13-17(18)24-21(26)20(25)14-7-3-2-4-8-14/h2-13,20H,1H3,(H,24,26)(H2,23,28,29). The summed E-state index contributed by atoms with van der Waals surface area (Å²) in [5.41, 5.74) is 1.38. The fraction of sp³-hybridized carbons (Fsp3) is 0.0909. The van der Waals surface area contributed by atoms with E-state index in [2.05, 4.69) is 5.32 Å². The number of nitrogens with zero attached hydrogens (tertiary/aromatic N) is 1. The Hall–Kier alpha value is -3.69. The fourth-order valence-corrected chi connectivity index (χ4v) is 4.11. The quantitative estimate of drug-likeness (QED) is 0.650. The van der Waals surface area contributed by atoms with Gasteiger partial charge in [0.05, 0.1) is 28.9 Å². The second-order valence-electron chi connectivity index (χ2n) is 6.90. The van der Waals surface area contributed by atoms with Crippen LogP contribution in [0.1, 0.15) is 22.0 Å². The molecule has 3 N–H and O–H groups in total. The van der Waals surface area contributed by atoms with Crippen LogP contribution in [-0.2, 0) is 14.8 Å². The number of carbonyl (C=O) groups excluding carboxylic acids is 2. The summed E-state index contributed by atoms with van der Waals surface area (Å²) in [6.07, 6.45) is 0. The summed E-state index contributed by atoms with van der Waals surface area (Å²) >= 11 is 0. The highest BCUT2D eigenvalue weighted by Gasteiger charge is 2.39. The van der Waals surface area contributed by atoms with Crippen molar-refractivity contribution in [3.05, 3.63) is 83.9 Å². The number of rotatable bonds is 4. The van der Waals surface area contributed by atoms with Crippen molar-refractivity contribution in [1.29, 1.82) is 0 Å². The number of hydrogen-bond donors (Lipinski definition) is 2. The smallest absolute Gasteiger partial charge is 0.263 e. The van der Waals surface area contributed by atoms with Crippen molar-refractivity contribution in [2.75, 3.05) is 17.3 Å². The Morgan fingerprint density at radius 1 is 1.03 bits per heavy atom. The molecule has 31 heavy (non-hydrogen) atoms. The number of benzene rings is 3. The maximum Gasteiger partial charge on any atom is 0.263 e. The van der Waals surface area contributed by atoms with Gasteiger partial charge in [0.25, 0.3) is 11.8 Å². The molecule has 0 saturated carbocycles. The SMILES string of the molecule is COc1ccccc1C(=O)N1c2ccc(S(N)(=O)=O)cc2NC(=O)C1c1ccccc1. The summed E-state index contributed by atoms with van der Waals surface area (Å²) < 4.78 is 28.9. The van der Waals surface area contributed by atoms with Crippen molar-refractivity contribution in [1.82, 2.24) is 0 Å². The first-order chi connectivity index (χ1) is 14.8. The first-order valence-electron chi connectivity index (χ1n) is 9.30. The number of primary sulfonamides is 1. The number of methoxy groups -OCH3 is 1. The van der Waals surface area contributed by atoms with Gasteiger partial charge in [-0.15, -0.1) is 0 Å². The van der Waals surface area contributed by atoms with E-state index in [4.69, 9.17) is 9.88 Å². The first-order valence-corrected chi connectivity index (χ1v) is 10.8. The Labute approximate surface area is 179 Å². The summed E-state index contributed by atoms with van der Waals surface area (Å²) in [7, 11) is -2.54. The molecule has 2 amide bonds. The third-order valence-corrected chi connectivity index (χ3v) is 5.90. The summed E-state index contributed by atoms with van der Waals surface area (Å²) in [5.74, 6) is -0.590. The lowest BCUT2D eigenvalue weighted by atomic mass is 9.98. The van der Waals surface area contributed by atoms with Gasteiger partial charge >= 0.3 is 0 Å². The Kier molecular flexibility index (Phi) is 5.22. The molecule has 1 unspecified atom stereocenters. The molecule has 158 valence electrons. The lowest BCUT2D eigenvalue weighted by Crippen LogP contribution is -2.45. The molecule has 1 atom stereocenters. The largest absolute Gasteiger partial charge is 0.496 e. The number of para-hydroxylation sites is 1. The second kappa shape index (κ2) is 7.86. The maximum absolute atomic E-state index is 13.7. The molecule has 0 radical (unpaired) electrons. The molecule has 4 rings (SSSR count). The van der Waals surface area contributed by atoms with E-state index in [0.29, 0.717) is 17.0 Å². The van der Waals surface area contributed by atoms with Crippen LogP contribution >= 0.6 is 0 Å². The Morgan fingerprint density at radius 2 is 1.71 bits per heavy atom. The summed E-state index contributed by atoms with van der Waals surface area (Å²) in [6.45, 7) is 0. The molecule has 0 spiro atoms. The zero-order valence-corrected chi connectivity index (χ0v) is 17.3. The molecule has 1 heterocycles. The van der Waals surface area contributed by atoms with Crippen LogP contribution in [0.15, 0.2) is 77.7 Å². The van der Waals surface area contributed by atoms with E-state index in [-0.39, 0.29) is 16.1 Å². The molecule has 0 saturated heterocycles. The van der Waals surface area contributed by atoms with Crippen LogP contribution in [0.25, 0.3) is 0 Å². The van der Waals surface area contributed by atoms with Gasteiger partial charge in [-0.3, -0.25) is 14.5 Å². The molecule has 0 fully saturated rings. The molecule has 0 bridgehead atoms. The second-order valence-corrected chi connectivity index (χ2v) is 8.46. The lowest BCUT2D eigenvalue weighted by molar-refractivity contribution is -0.117. The number of anilines is 2. The van der Waals surface area contributed by atoms with Crippen molar-refractivity contribution >= 4 is 33.2 Å². The number of ether oxygens (including phenoxy) is 1. The van der Waals surface area contributed by atoms with Crippen LogP contribution in [0.5, 0.6) is 5.75 Å². The number of sulfonamides is 1. The predicted octanol–water partition coefficient (Wildman–Crippen LogP) is 2.68. The van der Waals surface area contributed by atoms with Crippen LogP contribution < -0.4 is 20.1 Å². The van der Waals surface area contributed by atoms with Crippen molar-refractivity contribution in [3.8, 4) is 5.75 Å². The third-order valence-electron chi connectivity index (χ3n) is 4.99. The topological polar surface area (TPSA) is 119 Å². The average Bonchev–Trinajstić information content (AvgIpc) is 2.77. The van der Waals surface area contributed by atoms with E-state index < -0.39 is 27.9 Å². The van der Waals surface area contributed by atoms with E-state index in [1.165, 1.54) is 30.2 Å². The lowest BCUT2D eigenvalue weighted by Gasteiger charge is -2.37. The summed E-state index contributed by atoms with van der Waals surface area (Å²) in [6, 6.07) is 18.6. The number of hydrogen-bond acceptors (Lipinski definition) is 5. The summed E-state index contributed by atoms with van der Waals surface area (Å²) in [4.78, 5) is 27.9. The Morgan fingerprint density at radius 3 is 2.39 bits per heavy atom. The molecular weight excluding hydrogens is 418 g/mol. The molecule has 1 aliphatic heterocycles. The maximum atomic E-state index is 13.7. The van der Waals surface area contributed by atoms with Gasteiger partial charge in [-0.05, 0) is 35.9 Å². The average molecular weight is 437 g/mol. The Bertz CT molecular complexity index is 1280. The highest BCUT2D eigenvalue weighted by molar-refractivity contribution is 7.89. The molecule has 0 aromatic heterocycles. The van der Waals surface area contributed by atoms with Crippen molar-refractivity contribution in [3.63, 3.8) is 0 Å². The summed E-state index contributed by atoms with van der Waals surface area (Å²) in [5, 5.41) is 7.93. The van der Waals surface area contributed by atoms with Gasteiger partial charge < -0.3 is 10.1 Å². The van der Waals surface area contributed by atoms with Crippen LogP contribution in [0.3, 0.4) is 0 Å². The van der Waals surface area contributed by atoms with Gasteiger partial charge in [-0.25, -0.2) is 13.6 Å². The molecular formula is C22H19N3O5S. The van der Waals surface area contributed by atoms with Gasteiger partial charge in [0.2, 0.25) is 10.0 Å². The monoisotopic (exact) mass is 437 g/mol. The minimum Gasteiger partial charge on any atom is -0.496 e. The van der Waals surface area contributed by atoms with E-state index in [1.807, 2.05) is 6.07 Å². The zero-order valence-electron chi connectivity index (χ0n) is 16.5. The number of amides is 2. The number of fused-ring (bicyclic) bond motifs is 1. The zero-order chi connectivity index (χ0) is 22.2. The van der Waals surface area contributed by atoms with E-state index in [0.717, 1.165) is 0 Å². The van der Waals surface area contributed by atoms with E-state index >= 15 is 0 Å². The minimum atomic E-state index is -3.99. The van der Waals surface area contributed by atoms with Crippen molar-refractivity contribution < 1.29 is 22.7 Å². The van der Waals surface area contributed by atoms with E-state index in [1.54, 1.807) is 48.5 Å². The van der Waals surface area contributed by atoms with Crippen molar-refractivity contribution in [2.45, 2.75) is 10.9 Å². The third kappa shape index (κ3) is 3.76. The van der Waals surface area contributed by atoms with Gasteiger partial charge in [0.1, 0.15) is 11.8 Å². The molecule has 3 aromatic carbocycles. The molecule has 9 heteroatoms. The first kappa shape index (κ1) is 20.6. The highest BCUT2D eigenvalue weighted by atomic mass is 32.2. The van der Waals surface area contributed by atoms with Gasteiger partial charge in [-0.1, -0.05) is 42.5 Å².